The van der Waals surface area contributed by atoms with Gasteiger partial charge in [-0.1, -0.05) is 221 Å². The van der Waals surface area contributed by atoms with Gasteiger partial charge in [0, 0.05) is 0 Å². The van der Waals surface area contributed by atoms with Crippen molar-refractivity contribution in [1.29, 1.82) is 0 Å². The minimum atomic E-state index is -2.60. The molecule has 1 N–H and O–H groups in total. The first-order valence-corrected chi connectivity index (χ1v) is 93.3. The summed E-state index contributed by atoms with van der Waals surface area (Å²) in [7, 11) is -48.5. The zero-order valence-corrected chi connectivity index (χ0v) is 101. The van der Waals surface area contributed by atoms with E-state index in [0.29, 0.717) is 0 Å². The second-order valence-electron chi connectivity index (χ2n) is 36.0. The van der Waals surface area contributed by atoms with Gasteiger partial charge in [-0.15, -0.1) is 65.8 Å². The SMILES string of the molecule is C=C[Si]1(C)O[Si](C)(C=C)O[Si](C)(C=C)O[Si](C)(C=C)O1.C=C[Si]1(C)O[Si](C)(C=C)O[Si](C)(CCC)O[Si](C)(C=C)O1.C=C[Si]1(C)O[Si](C)(CCC)O[Si](C)(C=C)O[Si](C)(CCC)O1.C=C[Si]1(C)O[Si](C)(CCC)O[Si](C)(CCC)O[Si](C)(CCC)O1.CC(C)(O)c1ccccc1.CCC[Si]1(C)O[Si](C)(CCC)O[Si](C)(CCC)O[Si](C)(CCC)O1. The summed E-state index contributed by atoms with van der Waals surface area (Å²) in [4.78, 5) is 0. The van der Waals surface area contributed by atoms with Crippen molar-refractivity contribution in [2.24, 2.45) is 0 Å². The molecule has 0 amide bonds. The van der Waals surface area contributed by atoms with E-state index in [2.05, 4.69) is 220 Å². The minimum Gasteiger partial charge on any atom is -0.416 e. The Morgan fingerprint density at radius 3 is 0.425 bits per heavy atom. The van der Waals surface area contributed by atoms with Crippen LogP contribution >= 0.6 is 0 Å². The van der Waals surface area contributed by atoms with Gasteiger partial charge < -0.3 is 87.4 Å². The average molecular weight is 2020 g/mol. The lowest BCUT2D eigenvalue weighted by molar-refractivity contribution is 0.0785. The maximum atomic E-state index is 9.49. The van der Waals surface area contributed by atoms with E-state index in [0.717, 1.165) is 130 Å². The molecule has 0 spiro atoms. The molecule has 0 radical (unpaired) electrons. The number of aliphatic hydroxyl groups is 1. The van der Waals surface area contributed by atoms with E-state index in [1.165, 1.54) is 0 Å². The van der Waals surface area contributed by atoms with Crippen LogP contribution < -0.4 is 0 Å². The summed E-state index contributed by atoms with van der Waals surface area (Å²) in [5, 5.41) is 9.49. The quantitative estimate of drug-likeness (QED) is 0.0686. The molecule has 4 unspecified atom stereocenters. The normalized spacial score (nSPS) is 40.5. The van der Waals surface area contributed by atoms with Crippen LogP contribution in [0.4, 0.5) is 0 Å². The lowest BCUT2D eigenvalue weighted by Crippen LogP contribution is -2.67. The largest absolute Gasteiger partial charge is 0.416 e. The van der Waals surface area contributed by atoms with E-state index >= 15 is 0 Å². The Labute approximate surface area is 755 Å². The van der Waals surface area contributed by atoms with Gasteiger partial charge in [-0.25, -0.2) is 0 Å². The van der Waals surface area contributed by atoms with Crippen molar-refractivity contribution >= 4 is 171 Å². The summed E-state index contributed by atoms with van der Waals surface area (Å²) in [6.07, 6.45) is 10.6. The molecule has 6 rings (SSSR count). The van der Waals surface area contributed by atoms with E-state index in [9.17, 15) is 5.11 Å². The molecule has 5 aliphatic rings. The molecule has 0 aliphatic carbocycles. The Morgan fingerprint density at radius 1 is 0.208 bits per heavy atom. The predicted octanol–water partition coefficient (Wildman–Crippen LogP) is 25.0. The van der Waals surface area contributed by atoms with Crippen molar-refractivity contribution in [3.63, 3.8) is 0 Å². The fraction of sp³-hybridized carbons (Fsp3) is 0.671. The van der Waals surface area contributed by atoms with Gasteiger partial charge in [-0.3, -0.25) is 0 Å². The fourth-order valence-corrected chi connectivity index (χ4v) is 120. The van der Waals surface area contributed by atoms with Crippen LogP contribution in [0.15, 0.2) is 153 Å². The summed E-state index contributed by atoms with van der Waals surface area (Å²) in [6, 6.07) is 19.5. The molecule has 5 aliphatic heterocycles. The summed E-state index contributed by atoms with van der Waals surface area (Å²) in [5.74, 6) is 0. The predicted molar refractivity (Wildman–Crippen MR) is 549 cm³/mol. The van der Waals surface area contributed by atoms with Gasteiger partial charge >= 0.3 is 171 Å². The number of hydrogen-bond acceptors (Lipinski definition) is 21. The maximum absolute atomic E-state index is 9.49. The smallest absolute Gasteiger partial charge is 0.344 e. The van der Waals surface area contributed by atoms with E-state index in [1.807, 2.05) is 105 Å². The minimum absolute atomic E-state index is 0.707. The van der Waals surface area contributed by atoms with Crippen LogP contribution in [0.1, 0.15) is 153 Å². The molecule has 120 heavy (non-hydrogen) atoms. The molecule has 0 saturated carbocycles. The molecule has 5 heterocycles. The summed E-state index contributed by atoms with van der Waals surface area (Å²) < 4.78 is 131. The molecule has 5 fully saturated rings. The first kappa shape index (κ1) is 118. The summed E-state index contributed by atoms with van der Waals surface area (Å²) in [6.45, 7) is 106. The van der Waals surface area contributed by atoms with Crippen molar-refractivity contribution in [2.45, 2.75) is 344 Å². The zero-order chi connectivity index (χ0) is 93.0. The van der Waals surface area contributed by atoms with E-state index < -0.39 is 177 Å². The highest BCUT2D eigenvalue weighted by Crippen LogP contribution is 2.43. The van der Waals surface area contributed by atoms with Gasteiger partial charge in [-0.05, 0) is 211 Å². The third kappa shape index (κ3) is 38.9. The number of rotatable bonds is 31. The molecule has 0 bridgehead atoms. The zero-order valence-electron chi connectivity index (χ0n) is 81.5. The highest BCUT2D eigenvalue weighted by molar-refractivity contribution is 7.01. The van der Waals surface area contributed by atoms with Crippen LogP contribution in [-0.4, -0.2) is 176 Å². The molecule has 694 valence electrons. The van der Waals surface area contributed by atoms with Crippen LogP contribution in [0.3, 0.4) is 0 Å². The highest BCUT2D eigenvalue weighted by Gasteiger charge is 2.61. The molecule has 5 saturated heterocycles. The Morgan fingerprint density at radius 2 is 0.317 bits per heavy atom. The monoisotopic (exact) mass is 2020 g/mol. The highest BCUT2D eigenvalue weighted by atomic mass is 28.6. The Bertz CT molecular complexity index is 3120. The molecule has 1 aromatic rings. The molecule has 0 aromatic heterocycles. The van der Waals surface area contributed by atoms with Gasteiger partial charge in [-0.2, -0.15) is 0 Å². The van der Waals surface area contributed by atoms with Crippen LogP contribution in [0, 0.1) is 0 Å². The van der Waals surface area contributed by atoms with Crippen molar-refractivity contribution < 1.29 is 87.4 Å². The second-order valence-corrected chi connectivity index (χ2v) is 104. The standard InChI is InChI=1S/C16H40O4Si4.C15H36O4Si4.C14H32O4Si4.C13H28O4Si4.C12H24O4Si4.C9H12O/c1-9-13-21(5)17-22(6,14-10-2)19-24(8,16-12-4)20-23(7,18-21)15-11-3;1-9-13-21(6)16-20(5,12-4)17-22(7,14-10-2)19-23(8,18-21)15-11-3;1-9-13-21(7)15-19(5,11-3)17-22(8,14-10-2)18-20(6,12-4)16-21;1-9-13-21(8)16-19(6,11-3)14-18(5,10-2)15-20(7,12-4)17-21;1-9-17(5)13-18(6,10-2)15-20(8,12-4)16-19(7,11-3)14-17;1-9(2,10)8-6-4-3-5-7-8/h9-16H2,1-8H3;12H,4,9-11,13-15H2,1-3,5-8H3;11-12H,3-4,9-10,13-14H2,1-2,5-8H3;10-12H,2-4,9,13H2,1,5-8H3;9-12H,1-4H2,5-8H3;3-7,10H,1-2H3. The molecule has 4 atom stereocenters. The average Bonchev–Trinajstić information content (AvgIpc) is 0.794. The third-order valence-electron chi connectivity index (χ3n) is 20.6. The van der Waals surface area contributed by atoms with Crippen molar-refractivity contribution in [1.82, 2.24) is 0 Å². The molecule has 41 heteroatoms. The van der Waals surface area contributed by atoms with Crippen LogP contribution in [-0.2, 0) is 87.9 Å². The van der Waals surface area contributed by atoms with Gasteiger partial charge in [0.1, 0.15) is 0 Å². The summed E-state index contributed by atoms with van der Waals surface area (Å²) in [5.41, 5.74) is 18.3. The van der Waals surface area contributed by atoms with Gasteiger partial charge in [0.15, 0.2) is 0 Å². The summed E-state index contributed by atoms with van der Waals surface area (Å²) >= 11 is 0. The van der Waals surface area contributed by atoms with Gasteiger partial charge in [0.05, 0.1) is 5.60 Å². The van der Waals surface area contributed by atoms with Crippen LogP contribution in [0.2, 0.25) is 191 Å². The van der Waals surface area contributed by atoms with Gasteiger partial charge in [0.25, 0.3) is 0 Å². The first-order chi connectivity index (χ1) is 55.0. The van der Waals surface area contributed by atoms with Crippen molar-refractivity contribution in [3.8, 4) is 0 Å². The lowest BCUT2D eigenvalue weighted by Gasteiger charge is -2.50. The lowest BCUT2D eigenvalue weighted by atomic mass is 9.99. The Hall–Kier alpha value is 0.118. The third-order valence-corrected chi connectivity index (χ3v) is 109. The van der Waals surface area contributed by atoms with E-state index in [-0.39, 0.29) is 0 Å². The maximum Gasteiger partial charge on any atom is 0.344 e. The fourth-order valence-electron chi connectivity index (χ4n) is 16.2. The van der Waals surface area contributed by atoms with Gasteiger partial charge in [0.2, 0.25) is 0 Å². The van der Waals surface area contributed by atoms with E-state index in [4.69, 9.17) is 82.3 Å². The van der Waals surface area contributed by atoms with Crippen molar-refractivity contribution in [3.05, 3.63) is 159 Å². The molecular weight excluding hydrogens is 1850 g/mol. The van der Waals surface area contributed by atoms with Crippen LogP contribution in [0.25, 0.3) is 0 Å². The Balaban J connectivity index is 0.000000729. The van der Waals surface area contributed by atoms with Crippen LogP contribution in [0.5, 0.6) is 0 Å². The molecule has 1 aromatic carbocycles. The second kappa shape index (κ2) is 49.0. The van der Waals surface area contributed by atoms with E-state index in [1.54, 1.807) is 42.3 Å². The molecule has 21 nitrogen and oxygen atoms in total. The topological polar surface area (TPSA) is 205 Å². The number of hydrogen-bond donors (Lipinski definition) is 1. The van der Waals surface area contributed by atoms with Crippen molar-refractivity contribution in [2.75, 3.05) is 0 Å². The first-order valence-electron chi connectivity index (χ1n) is 44.1. The Kier molecular flexibility index (Phi) is 48.3. The number of benzene rings is 1. The molecular formula is C79H172O21Si20.